The van der Waals surface area contributed by atoms with Gasteiger partial charge in [0.25, 0.3) is 0 Å². The number of nitrogens with zero attached hydrogens (tertiary/aromatic N) is 3. The van der Waals surface area contributed by atoms with Crippen LogP contribution < -0.4 is 10.1 Å². The van der Waals surface area contributed by atoms with E-state index in [2.05, 4.69) is 46.5 Å². The van der Waals surface area contributed by atoms with Crippen LogP contribution in [0.4, 0.5) is 5.82 Å². The van der Waals surface area contributed by atoms with Crippen molar-refractivity contribution in [1.29, 1.82) is 0 Å². The highest BCUT2D eigenvalue weighted by Crippen LogP contribution is 2.20. The van der Waals surface area contributed by atoms with Gasteiger partial charge in [-0.1, -0.05) is 29.8 Å². The predicted octanol–water partition coefficient (Wildman–Crippen LogP) is 2.40. The van der Waals surface area contributed by atoms with Crippen LogP contribution in [0.3, 0.4) is 0 Å². The molecule has 3 rings (SSSR count). The summed E-state index contributed by atoms with van der Waals surface area (Å²) in [5, 5.41) is 3.19. The lowest BCUT2D eigenvalue weighted by Crippen LogP contribution is -2.33. The Morgan fingerprint density at radius 1 is 1.29 bits per heavy atom. The molecule has 1 saturated heterocycles. The Balaban J connectivity index is 1.61. The third kappa shape index (κ3) is 3.82. The fourth-order valence-corrected chi connectivity index (χ4v) is 2.77. The molecule has 1 aromatic carbocycles. The molecule has 0 aliphatic carbocycles. The van der Waals surface area contributed by atoms with E-state index in [-0.39, 0.29) is 11.9 Å². The molecule has 1 aromatic heterocycles. The number of aryl methyl sites for hydroxylation is 1. The molecule has 1 aliphatic rings. The van der Waals surface area contributed by atoms with Crippen molar-refractivity contribution in [3.63, 3.8) is 0 Å². The molecule has 6 nitrogen and oxygen atoms in total. The first kappa shape index (κ1) is 16.2. The van der Waals surface area contributed by atoms with E-state index in [0.717, 1.165) is 18.5 Å². The fraction of sp³-hybridized carbons (Fsp3) is 0.389. The summed E-state index contributed by atoms with van der Waals surface area (Å²) < 4.78 is 5.36. The zero-order valence-electron chi connectivity index (χ0n) is 14.0. The van der Waals surface area contributed by atoms with Crippen molar-refractivity contribution in [1.82, 2.24) is 14.9 Å². The minimum atomic E-state index is -0.250. The third-order valence-electron chi connectivity index (χ3n) is 4.05. The first-order chi connectivity index (χ1) is 11.7. The van der Waals surface area contributed by atoms with Gasteiger partial charge in [0.15, 0.2) is 0 Å². The average Bonchev–Trinajstić information content (AvgIpc) is 2.91. The van der Waals surface area contributed by atoms with Crippen molar-refractivity contribution in [3.8, 4) is 5.88 Å². The maximum absolute atomic E-state index is 12.6. The topological polar surface area (TPSA) is 67.3 Å². The van der Waals surface area contributed by atoms with Crippen LogP contribution in [0.2, 0.25) is 0 Å². The summed E-state index contributed by atoms with van der Waals surface area (Å²) >= 11 is 0. The van der Waals surface area contributed by atoms with Gasteiger partial charge < -0.3 is 15.0 Å². The fourth-order valence-electron chi connectivity index (χ4n) is 2.77. The highest BCUT2D eigenvalue weighted by molar-refractivity contribution is 5.86. The van der Waals surface area contributed by atoms with Crippen molar-refractivity contribution in [3.05, 3.63) is 47.8 Å². The molecule has 1 amide bonds. The standard InChI is InChI=1S/C18H22N4O2/c1-3-24-17-10-16(19-12-20-17)21-15-8-9-22(18(15)23)11-14-6-4-13(2)5-7-14/h4-7,10,12,15H,3,8-9,11H2,1-2H3,(H,19,20,21). The Labute approximate surface area is 141 Å². The van der Waals surface area contributed by atoms with Gasteiger partial charge in [-0.05, 0) is 25.8 Å². The lowest BCUT2D eigenvalue weighted by Gasteiger charge is -2.17. The number of amides is 1. The molecule has 1 fully saturated rings. The van der Waals surface area contributed by atoms with Gasteiger partial charge in [0, 0.05) is 19.2 Å². The smallest absolute Gasteiger partial charge is 0.245 e. The molecule has 6 heteroatoms. The first-order valence-corrected chi connectivity index (χ1v) is 8.21. The normalized spacial score (nSPS) is 17.2. The second-order valence-electron chi connectivity index (χ2n) is 5.91. The van der Waals surface area contributed by atoms with E-state index < -0.39 is 0 Å². The van der Waals surface area contributed by atoms with Gasteiger partial charge in [0.05, 0.1) is 6.61 Å². The number of carbonyl (C=O) groups is 1. The number of rotatable bonds is 6. The van der Waals surface area contributed by atoms with Gasteiger partial charge in [0.1, 0.15) is 18.2 Å². The van der Waals surface area contributed by atoms with Gasteiger partial charge in [-0.25, -0.2) is 9.97 Å². The first-order valence-electron chi connectivity index (χ1n) is 8.21. The monoisotopic (exact) mass is 326 g/mol. The van der Waals surface area contributed by atoms with Crippen molar-refractivity contribution in [2.24, 2.45) is 0 Å². The molecule has 0 spiro atoms. The zero-order valence-corrected chi connectivity index (χ0v) is 14.0. The van der Waals surface area contributed by atoms with Crippen LogP contribution in [0.1, 0.15) is 24.5 Å². The number of aromatic nitrogens is 2. The zero-order chi connectivity index (χ0) is 16.9. The van der Waals surface area contributed by atoms with Crippen LogP contribution in [0.25, 0.3) is 0 Å². The molecular weight excluding hydrogens is 304 g/mol. The summed E-state index contributed by atoms with van der Waals surface area (Å²) in [6, 6.07) is 9.76. The molecule has 24 heavy (non-hydrogen) atoms. The highest BCUT2D eigenvalue weighted by Gasteiger charge is 2.31. The van der Waals surface area contributed by atoms with Gasteiger partial charge in [-0.15, -0.1) is 0 Å². The molecule has 1 unspecified atom stereocenters. The van der Waals surface area contributed by atoms with Gasteiger partial charge in [0.2, 0.25) is 11.8 Å². The predicted molar refractivity (Wildman–Crippen MR) is 91.8 cm³/mol. The SMILES string of the molecule is CCOc1cc(NC2CCN(Cc3ccc(C)cc3)C2=O)ncn1. The molecule has 1 aliphatic heterocycles. The van der Waals surface area contributed by atoms with Crippen LogP contribution in [0.15, 0.2) is 36.7 Å². The Bertz CT molecular complexity index is 702. The molecule has 1 N–H and O–H groups in total. The number of anilines is 1. The Hall–Kier alpha value is -2.63. The molecule has 0 saturated carbocycles. The lowest BCUT2D eigenvalue weighted by atomic mass is 10.1. The van der Waals surface area contributed by atoms with Gasteiger partial charge in [-0.3, -0.25) is 4.79 Å². The van der Waals surface area contributed by atoms with Gasteiger partial charge in [-0.2, -0.15) is 0 Å². The van der Waals surface area contributed by atoms with E-state index >= 15 is 0 Å². The van der Waals surface area contributed by atoms with E-state index in [9.17, 15) is 4.79 Å². The third-order valence-corrected chi connectivity index (χ3v) is 4.05. The summed E-state index contributed by atoms with van der Waals surface area (Å²) in [5.74, 6) is 1.23. The molecule has 0 radical (unpaired) electrons. The van der Waals surface area contributed by atoms with Crippen LogP contribution in [0.5, 0.6) is 5.88 Å². The quantitative estimate of drug-likeness (QED) is 0.883. The minimum absolute atomic E-state index is 0.104. The van der Waals surface area contributed by atoms with E-state index in [1.807, 2.05) is 11.8 Å². The van der Waals surface area contributed by atoms with Crippen molar-refractivity contribution < 1.29 is 9.53 Å². The van der Waals surface area contributed by atoms with Crippen LogP contribution >= 0.6 is 0 Å². The number of ether oxygens (including phenoxy) is 1. The molecule has 2 aromatic rings. The van der Waals surface area contributed by atoms with E-state index in [4.69, 9.17) is 4.74 Å². The van der Waals surface area contributed by atoms with Crippen molar-refractivity contribution in [2.75, 3.05) is 18.5 Å². The molecule has 126 valence electrons. The summed E-state index contributed by atoms with van der Waals surface area (Å²) in [7, 11) is 0. The maximum atomic E-state index is 12.6. The lowest BCUT2D eigenvalue weighted by molar-refractivity contribution is -0.128. The molecule has 0 bridgehead atoms. The minimum Gasteiger partial charge on any atom is -0.478 e. The number of likely N-dealkylation sites (tertiary alicyclic amines) is 1. The Kier molecular flexibility index (Phi) is 4.93. The Morgan fingerprint density at radius 2 is 2.08 bits per heavy atom. The summed E-state index contributed by atoms with van der Waals surface area (Å²) in [6.07, 6.45) is 2.20. The van der Waals surface area contributed by atoms with Crippen LogP contribution in [0, 0.1) is 6.92 Å². The second-order valence-corrected chi connectivity index (χ2v) is 5.91. The maximum Gasteiger partial charge on any atom is 0.245 e. The molecular formula is C18H22N4O2. The number of hydrogen-bond donors (Lipinski definition) is 1. The van der Waals surface area contributed by atoms with Crippen LogP contribution in [-0.4, -0.2) is 40.0 Å². The molecule has 1 atom stereocenters. The number of carbonyl (C=O) groups excluding carboxylic acids is 1. The van der Waals surface area contributed by atoms with Crippen molar-refractivity contribution in [2.45, 2.75) is 32.9 Å². The van der Waals surface area contributed by atoms with Gasteiger partial charge >= 0.3 is 0 Å². The Morgan fingerprint density at radius 3 is 2.83 bits per heavy atom. The number of benzene rings is 1. The van der Waals surface area contributed by atoms with E-state index in [1.54, 1.807) is 6.07 Å². The molecule has 2 heterocycles. The summed E-state index contributed by atoms with van der Waals surface area (Å²) in [6.45, 7) is 5.89. The van der Waals surface area contributed by atoms with Crippen molar-refractivity contribution >= 4 is 11.7 Å². The largest absolute Gasteiger partial charge is 0.478 e. The number of hydrogen-bond acceptors (Lipinski definition) is 5. The van der Waals surface area contributed by atoms with Crippen LogP contribution in [-0.2, 0) is 11.3 Å². The van der Waals surface area contributed by atoms with E-state index in [0.29, 0.717) is 24.8 Å². The average molecular weight is 326 g/mol. The second kappa shape index (κ2) is 7.29. The highest BCUT2D eigenvalue weighted by atomic mass is 16.5. The summed E-state index contributed by atoms with van der Waals surface area (Å²) in [4.78, 5) is 22.7. The summed E-state index contributed by atoms with van der Waals surface area (Å²) in [5.41, 5.74) is 2.37. The number of nitrogens with one attached hydrogen (secondary N) is 1. The van der Waals surface area contributed by atoms with E-state index in [1.165, 1.54) is 11.9 Å².